The van der Waals surface area contributed by atoms with E-state index in [0.29, 0.717) is 15.7 Å². The summed E-state index contributed by atoms with van der Waals surface area (Å²) in [6, 6.07) is 5.74. The molecule has 1 N–H and O–H groups in total. The number of benzene rings is 1. The van der Waals surface area contributed by atoms with Gasteiger partial charge in [-0.1, -0.05) is 36.0 Å². The molecule has 1 heterocycles. The zero-order chi connectivity index (χ0) is 15.5. The lowest BCUT2D eigenvalue weighted by molar-refractivity contribution is 0.115. The Balaban J connectivity index is 1.53. The van der Waals surface area contributed by atoms with Crippen LogP contribution in [0.5, 0.6) is 0 Å². The Labute approximate surface area is 141 Å². The molecule has 1 aliphatic carbocycles. The smallest absolute Gasteiger partial charge is 0.321 e. The first kappa shape index (κ1) is 15.9. The van der Waals surface area contributed by atoms with Crippen molar-refractivity contribution in [1.29, 1.82) is 0 Å². The second kappa shape index (κ2) is 7.07. The summed E-state index contributed by atoms with van der Waals surface area (Å²) in [5, 5.41) is 3.90. The van der Waals surface area contributed by atoms with Gasteiger partial charge in [0.1, 0.15) is 0 Å². The lowest BCUT2D eigenvalue weighted by atomic mass is 10.2. The molecule has 120 valence electrons. The van der Waals surface area contributed by atoms with E-state index >= 15 is 0 Å². The molecule has 22 heavy (non-hydrogen) atoms. The van der Waals surface area contributed by atoms with Gasteiger partial charge in [0.25, 0.3) is 0 Å². The van der Waals surface area contributed by atoms with Gasteiger partial charge in [-0.05, 0) is 31.0 Å². The van der Waals surface area contributed by atoms with Gasteiger partial charge in [-0.25, -0.2) is 4.79 Å². The maximum Gasteiger partial charge on any atom is 0.321 e. The van der Waals surface area contributed by atoms with Gasteiger partial charge in [-0.2, -0.15) is 0 Å². The minimum Gasteiger partial charge on any atom is -0.322 e. The van der Waals surface area contributed by atoms with Crippen molar-refractivity contribution in [2.24, 2.45) is 0 Å². The molecule has 2 fully saturated rings. The molecule has 2 amide bonds. The van der Waals surface area contributed by atoms with Crippen LogP contribution >= 0.6 is 23.2 Å². The van der Waals surface area contributed by atoms with Gasteiger partial charge in [-0.3, -0.25) is 4.90 Å². The van der Waals surface area contributed by atoms with Crippen LogP contribution in [0.2, 0.25) is 10.0 Å². The second-order valence-corrected chi connectivity index (χ2v) is 6.86. The van der Waals surface area contributed by atoms with Gasteiger partial charge in [-0.15, -0.1) is 0 Å². The maximum atomic E-state index is 12.3. The minimum absolute atomic E-state index is 0.0877. The lowest BCUT2D eigenvalue weighted by Gasteiger charge is -2.38. The zero-order valence-electron chi connectivity index (χ0n) is 12.5. The summed E-state index contributed by atoms with van der Waals surface area (Å²) in [6.45, 7) is 3.47. The molecule has 0 bridgehead atoms. The summed E-state index contributed by atoms with van der Waals surface area (Å²) < 4.78 is 0. The Morgan fingerprint density at radius 3 is 2.41 bits per heavy atom. The van der Waals surface area contributed by atoms with E-state index in [2.05, 4.69) is 10.2 Å². The van der Waals surface area contributed by atoms with Gasteiger partial charge in [0.05, 0.1) is 10.7 Å². The van der Waals surface area contributed by atoms with Crippen molar-refractivity contribution in [1.82, 2.24) is 9.80 Å². The molecule has 0 aromatic heterocycles. The third-order valence-electron chi connectivity index (χ3n) is 4.62. The lowest BCUT2D eigenvalue weighted by Crippen LogP contribution is -2.52. The van der Waals surface area contributed by atoms with Crippen molar-refractivity contribution < 1.29 is 4.79 Å². The van der Waals surface area contributed by atoms with Gasteiger partial charge in [0.15, 0.2) is 0 Å². The van der Waals surface area contributed by atoms with Gasteiger partial charge in [0, 0.05) is 37.2 Å². The average molecular weight is 342 g/mol. The molecule has 0 radical (unpaired) electrons. The molecule has 1 saturated heterocycles. The Morgan fingerprint density at radius 2 is 1.77 bits per heavy atom. The fourth-order valence-corrected chi connectivity index (χ4v) is 3.80. The molecular formula is C16H21Cl2N3O. The molecule has 2 aliphatic rings. The van der Waals surface area contributed by atoms with Crippen molar-refractivity contribution in [3.8, 4) is 0 Å². The first-order valence-electron chi connectivity index (χ1n) is 7.88. The van der Waals surface area contributed by atoms with Crippen LogP contribution in [-0.2, 0) is 0 Å². The fraction of sp³-hybridized carbons (Fsp3) is 0.562. The minimum atomic E-state index is -0.0877. The first-order chi connectivity index (χ1) is 10.6. The van der Waals surface area contributed by atoms with E-state index in [0.717, 1.165) is 32.2 Å². The molecular weight excluding hydrogens is 321 g/mol. The van der Waals surface area contributed by atoms with E-state index < -0.39 is 0 Å². The quantitative estimate of drug-likeness (QED) is 0.879. The summed E-state index contributed by atoms with van der Waals surface area (Å²) in [7, 11) is 0. The highest BCUT2D eigenvalue weighted by Gasteiger charge is 2.27. The molecule has 6 heteroatoms. The Kier molecular flexibility index (Phi) is 5.11. The molecule has 1 aromatic carbocycles. The molecule has 0 unspecified atom stereocenters. The largest absolute Gasteiger partial charge is 0.322 e. The number of rotatable bonds is 2. The van der Waals surface area contributed by atoms with Crippen molar-refractivity contribution in [3.63, 3.8) is 0 Å². The maximum absolute atomic E-state index is 12.3. The number of nitrogens with one attached hydrogen (secondary N) is 1. The summed E-state index contributed by atoms with van der Waals surface area (Å²) in [5.41, 5.74) is 0.606. The van der Waals surface area contributed by atoms with Crippen LogP contribution in [0.15, 0.2) is 18.2 Å². The van der Waals surface area contributed by atoms with Crippen LogP contribution in [0, 0.1) is 0 Å². The second-order valence-electron chi connectivity index (χ2n) is 6.02. The number of hydrogen-bond donors (Lipinski definition) is 1. The molecule has 4 nitrogen and oxygen atoms in total. The highest BCUT2D eigenvalue weighted by Crippen LogP contribution is 2.26. The van der Waals surface area contributed by atoms with Gasteiger partial charge in [0.2, 0.25) is 0 Å². The van der Waals surface area contributed by atoms with Crippen LogP contribution in [0.4, 0.5) is 10.5 Å². The molecule has 1 aliphatic heterocycles. The number of carbonyl (C=O) groups is 1. The van der Waals surface area contributed by atoms with E-state index in [4.69, 9.17) is 23.2 Å². The molecule has 1 aromatic rings. The third kappa shape index (κ3) is 3.67. The Morgan fingerprint density at radius 1 is 1.09 bits per heavy atom. The number of anilines is 1. The Bertz CT molecular complexity index is 538. The van der Waals surface area contributed by atoms with Crippen LogP contribution in [-0.4, -0.2) is 48.1 Å². The van der Waals surface area contributed by atoms with E-state index in [-0.39, 0.29) is 6.03 Å². The van der Waals surface area contributed by atoms with Crippen LogP contribution < -0.4 is 5.32 Å². The molecule has 0 atom stereocenters. The number of urea groups is 1. The molecule has 3 rings (SSSR count). The summed E-state index contributed by atoms with van der Waals surface area (Å²) in [4.78, 5) is 16.7. The third-order valence-corrected chi connectivity index (χ3v) is 5.16. The van der Waals surface area contributed by atoms with E-state index in [1.165, 1.54) is 25.7 Å². The number of amides is 2. The van der Waals surface area contributed by atoms with E-state index in [1.54, 1.807) is 18.2 Å². The Hall–Kier alpha value is -0.970. The van der Waals surface area contributed by atoms with Crippen LogP contribution in [0.25, 0.3) is 0 Å². The average Bonchev–Trinajstić information content (AvgIpc) is 3.04. The van der Waals surface area contributed by atoms with Crippen molar-refractivity contribution in [2.45, 2.75) is 31.7 Å². The fourth-order valence-electron chi connectivity index (χ4n) is 3.34. The summed E-state index contributed by atoms with van der Waals surface area (Å²) in [5.74, 6) is 0. The van der Waals surface area contributed by atoms with Crippen LogP contribution in [0.3, 0.4) is 0 Å². The van der Waals surface area contributed by atoms with E-state index in [1.807, 2.05) is 4.90 Å². The number of hydrogen-bond acceptors (Lipinski definition) is 2. The summed E-state index contributed by atoms with van der Waals surface area (Å²) in [6.07, 6.45) is 5.32. The first-order valence-corrected chi connectivity index (χ1v) is 8.64. The van der Waals surface area contributed by atoms with Crippen molar-refractivity contribution >= 4 is 34.9 Å². The normalized spacial score (nSPS) is 20.4. The molecule has 0 spiro atoms. The van der Waals surface area contributed by atoms with Crippen molar-refractivity contribution in [2.75, 3.05) is 31.5 Å². The van der Waals surface area contributed by atoms with E-state index in [9.17, 15) is 4.79 Å². The number of carbonyl (C=O) groups excluding carboxylic acids is 1. The van der Waals surface area contributed by atoms with Crippen LogP contribution in [0.1, 0.15) is 25.7 Å². The summed E-state index contributed by atoms with van der Waals surface area (Å²) >= 11 is 12.0. The molecule has 1 saturated carbocycles. The van der Waals surface area contributed by atoms with Gasteiger partial charge < -0.3 is 10.2 Å². The van der Waals surface area contributed by atoms with Crippen molar-refractivity contribution in [3.05, 3.63) is 28.2 Å². The SMILES string of the molecule is O=C(Nc1ccc(Cl)cc1Cl)N1CCN(C2CCCC2)CC1. The predicted octanol–water partition coefficient (Wildman–Crippen LogP) is 4.09. The van der Waals surface area contributed by atoms with Gasteiger partial charge >= 0.3 is 6.03 Å². The highest BCUT2D eigenvalue weighted by atomic mass is 35.5. The number of piperazine rings is 1. The number of halogens is 2. The monoisotopic (exact) mass is 341 g/mol. The standard InChI is InChI=1S/C16H21Cl2N3O/c17-12-5-6-15(14(18)11-12)19-16(22)21-9-7-20(8-10-21)13-3-1-2-4-13/h5-6,11,13H,1-4,7-10H2,(H,19,22). The zero-order valence-corrected chi connectivity index (χ0v) is 14.0. The highest BCUT2D eigenvalue weighted by molar-refractivity contribution is 6.36. The predicted molar refractivity (Wildman–Crippen MR) is 90.9 cm³/mol. The topological polar surface area (TPSA) is 35.6 Å². The number of nitrogens with zero attached hydrogens (tertiary/aromatic N) is 2.